The molecule has 16 heteroatoms. The molecule has 0 aromatic carbocycles. The Morgan fingerprint density at radius 3 is 2.38 bits per heavy atom. The van der Waals surface area contributed by atoms with Gasteiger partial charge in [0, 0.05) is 23.7 Å². The summed E-state index contributed by atoms with van der Waals surface area (Å²) in [6.07, 6.45) is -6.06. The largest absolute Gasteiger partial charge is 0.436 e. The number of hydrogen-bond acceptors (Lipinski definition) is 6. The number of thiophene rings is 1. The molecule has 9 nitrogen and oxygen atoms in total. The van der Waals surface area contributed by atoms with E-state index in [0.717, 1.165) is 10.7 Å². The van der Waals surface area contributed by atoms with Gasteiger partial charge >= 0.3 is 6.18 Å². The number of aryl methyl sites for hydroxylation is 2. The van der Waals surface area contributed by atoms with Crippen molar-refractivity contribution >= 4 is 55.0 Å². The Labute approximate surface area is 230 Å². The van der Waals surface area contributed by atoms with Gasteiger partial charge < -0.3 is 11.1 Å². The summed E-state index contributed by atoms with van der Waals surface area (Å²) in [5.41, 5.74) is 4.95. The van der Waals surface area contributed by atoms with E-state index in [2.05, 4.69) is 36.4 Å². The minimum absolute atomic E-state index is 0.0144. The number of aromatic nitrogens is 5. The topological polar surface area (TPSA) is 121 Å². The number of carbonyl (C=O) groups excluding carboxylic acids is 2. The normalized spacial score (nSPS) is 12.9. The average Bonchev–Trinajstić information content (AvgIpc) is 3.51. The number of pyridine rings is 1. The predicted octanol–water partition coefficient (Wildman–Crippen LogP) is 6.01. The molecule has 4 heterocycles. The number of primary amides is 1. The molecule has 0 aliphatic rings. The molecule has 1 unspecified atom stereocenters. The minimum Gasteiger partial charge on any atom is -0.365 e. The molecule has 0 saturated carbocycles. The zero-order chi connectivity index (χ0) is 29.0. The molecule has 39 heavy (non-hydrogen) atoms. The summed E-state index contributed by atoms with van der Waals surface area (Å²) in [4.78, 5) is 29.5. The van der Waals surface area contributed by atoms with Gasteiger partial charge in [0.2, 0.25) is 5.91 Å². The van der Waals surface area contributed by atoms with Crippen molar-refractivity contribution in [2.45, 2.75) is 52.9 Å². The number of fused-ring (bicyclic) bond motifs is 1. The Hall–Kier alpha value is -3.40. The van der Waals surface area contributed by atoms with Crippen molar-refractivity contribution in [3.8, 4) is 11.1 Å². The van der Waals surface area contributed by atoms with E-state index < -0.39 is 41.8 Å². The molecule has 2 amide bonds. The molecule has 1 atom stereocenters. The van der Waals surface area contributed by atoms with E-state index in [9.17, 15) is 31.5 Å². The zero-order valence-electron chi connectivity index (χ0n) is 20.8. The number of anilines is 1. The van der Waals surface area contributed by atoms with E-state index in [4.69, 9.17) is 5.73 Å². The van der Waals surface area contributed by atoms with Crippen molar-refractivity contribution < 1.29 is 31.5 Å². The van der Waals surface area contributed by atoms with Crippen molar-refractivity contribution in [1.29, 1.82) is 0 Å². The average molecular weight is 634 g/mol. The molecule has 0 aliphatic carbocycles. The number of amides is 2. The molecular weight excluding hydrogens is 613 g/mol. The first-order chi connectivity index (χ1) is 18.1. The number of halogens is 6. The SMILES string of the molecule is CCn1cc(-c2cc(C(F)F)nc3sc(C(N)=O)c(NC(=O)C(C)n4nc(C(F)(F)F)c(Br)c4C)c23)c(C)n1. The summed E-state index contributed by atoms with van der Waals surface area (Å²) >= 11 is 3.59. The molecule has 0 fully saturated rings. The Balaban J connectivity index is 1.89. The second kappa shape index (κ2) is 10.3. The van der Waals surface area contributed by atoms with E-state index in [1.165, 1.54) is 13.8 Å². The van der Waals surface area contributed by atoms with Crippen LogP contribution in [-0.4, -0.2) is 36.4 Å². The third-order valence-corrected chi connectivity index (χ3v) is 8.08. The predicted molar refractivity (Wildman–Crippen MR) is 138 cm³/mol. The molecule has 0 bridgehead atoms. The van der Waals surface area contributed by atoms with Crippen LogP contribution in [0.15, 0.2) is 16.7 Å². The van der Waals surface area contributed by atoms with Gasteiger partial charge in [0.25, 0.3) is 12.3 Å². The summed E-state index contributed by atoms with van der Waals surface area (Å²) < 4.78 is 69.8. The summed E-state index contributed by atoms with van der Waals surface area (Å²) in [6.45, 7) is 6.68. The van der Waals surface area contributed by atoms with Crippen LogP contribution in [0.3, 0.4) is 0 Å². The Morgan fingerprint density at radius 1 is 1.21 bits per heavy atom. The standard InChI is InChI=1S/C23H21BrF5N7O2S/c1-5-35-7-12(8(2)33-35)11-6-13(19(25)26)31-22-14(11)16(17(39-22)20(30)37)32-21(38)10(4)36-9(3)15(24)18(34-36)23(27,28)29/h6-7,10,19H,5H2,1-4H3,(H2,30,37)(H,32,38). The summed E-state index contributed by atoms with van der Waals surface area (Å²) in [7, 11) is 0. The van der Waals surface area contributed by atoms with Crippen molar-refractivity contribution in [3.05, 3.63) is 44.4 Å². The van der Waals surface area contributed by atoms with Crippen molar-refractivity contribution in [3.63, 3.8) is 0 Å². The highest BCUT2D eigenvalue weighted by molar-refractivity contribution is 9.10. The summed E-state index contributed by atoms with van der Waals surface area (Å²) in [5.74, 6) is -1.78. The number of nitrogens with one attached hydrogen (secondary N) is 1. The van der Waals surface area contributed by atoms with Crippen molar-refractivity contribution in [1.82, 2.24) is 24.5 Å². The van der Waals surface area contributed by atoms with Crippen LogP contribution >= 0.6 is 27.3 Å². The maximum Gasteiger partial charge on any atom is 0.436 e. The van der Waals surface area contributed by atoms with E-state index in [1.54, 1.807) is 17.8 Å². The van der Waals surface area contributed by atoms with Crippen LogP contribution in [0.2, 0.25) is 0 Å². The lowest BCUT2D eigenvalue weighted by molar-refractivity contribution is -0.142. The van der Waals surface area contributed by atoms with Crippen LogP contribution in [-0.2, 0) is 17.5 Å². The van der Waals surface area contributed by atoms with Crippen molar-refractivity contribution in [2.24, 2.45) is 5.73 Å². The van der Waals surface area contributed by atoms with Crippen LogP contribution in [0.25, 0.3) is 21.3 Å². The van der Waals surface area contributed by atoms with Gasteiger partial charge in [-0.3, -0.25) is 19.0 Å². The maximum absolute atomic E-state index is 13.8. The molecule has 4 aromatic rings. The molecule has 208 valence electrons. The third kappa shape index (κ3) is 5.14. The molecule has 0 radical (unpaired) electrons. The Kier molecular flexibility index (Phi) is 7.55. The van der Waals surface area contributed by atoms with Crippen molar-refractivity contribution in [2.75, 3.05) is 5.32 Å². The Bertz CT molecular complexity index is 1610. The van der Waals surface area contributed by atoms with E-state index in [-0.39, 0.29) is 36.5 Å². The number of nitrogens with zero attached hydrogens (tertiary/aromatic N) is 5. The first-order valence-corrected chi connectivity index (χ1v) is 13.0. The summed E-state index contributed by atoms with van der Waals surface area (Å²) in [6, 6.07) is -0.118. The fourth-order valence-corrected chi connectivity index (χ4v) is 5.57. The number of hydrogen-bond donors (Lipinski definition) is 2. The first kappa shape index (κ1) is 28.6. The first-order valence-electron chi connectivity index (χ1n) is 11.4. The minimum atomic E-state index is -4.77. The quantitative estimate of drug-likeness (QED) is 0.241. The van der Waals surface area contributed by atoms with Crippen LogP contribution in [0.1, 0.15) is 58.8 Å². The van der Waals surface area contributed by atoms with Gasteiger partial charge in [-0.25, -0.2) is 13.8 Å². The highest BCUT2D eigenvalue weighted by Crippen LogP contribution is 2.43. The molecule has 0 aliphatic heterocycles. The van der Waals surface area contributed by atoms with E-state index in [0.29, 0.717) is 29.1 Å². The molecule has 4 aromatic heterocycles. The lowest BCUT2D eigenvalue weighted by atomic mass is 10.0. The van der Waals surface area contributed by atoms with Gasteiger partial charge in [0.1, 0.15) is 21.4 Å². The second-order valence-corrected chi connectivity index (χ2v) is 10.4. The third-order valence-electron chi connectivity index (χ3n) is 6.03. The number of rotatable bonds is 7. The number of carbonyl (C=O) groups is 2. The maximum atomic E-state index is 13.8. The molecule has 0 spiro atoms. The van der Waals surface area contributed by atoms with Gasteiger partial charge in [0.05, 0.1) is 21.5 Å². The smallest absolute Gasteiger partial charge is 0.365 e. The van der Waals surface area contributed by atoms with Crippen LogP contribution in [0.5, 0.6) is 0 Å². The molecular formula is C23H21BrF5N7O2S. The van der Waals surface area contributed by atoms with Gasteiger partial charge in [-0.2, -0.15) is 23.4 Å². The fraction of sp³-hybridized carbons (Fsp3) is 0.348. The van der Waals surface area contributed by atoms with E-state index in [1.807, 2.05) is 6.92 Å². The lowest BCUT2D eigenvalue weighted by Crippen LogP contribution is -2.26. The van der Waals surface area contributed by atoms with Crippen LogP contribution in [0.4, 0.5) is 27.6 Å². The fourth-order valence-electron chi connectivity index (χ4n) is 4.07. The molecule has 3 N–H and O–H groups in total. The number of alkyl halides is 5. The molecule has 0 saturated heterocycles. The van der Waals surface area contributed by atoms with Gasteiger partial charge in [-0.1, -0.05) is 0 Å². The van der Waals surface area contributed by atoms with Gasteiger partial charge in [0.15, 0.2) is 5.69 Å². The monoisotopic (exact) mass is 633 g/mol. The van der Waals surface area contributed by atoms with E-state index >= 15 is 0 Å². The van der Waals surface area contributed by atoms with Gasteiger partial charge in [-0.15, -0.1) is 11.3 Å². The highest BCUT2D eigenvalue weighted by Gasteiger charge is 2.39. The highest BCUT2D eigenvalue weighted by atomic mass is 79.9. The van der Waals surface area contributed by atoms with Gasteiger partial charge in [-0.05, 0) is 55.3 Å². The summed E-state index contributed by atoms with van der Waals surface area (Å²) in [5, 5.41) is 10.6. The second-order valence-electron chi connectivity index (χ2n) is 8.59. The van der Waals surface area contributed by atoms with Crippen LogP contribution in [0, 0.1) is 13.8 Å². The lowest BCUT2D eigenvalue weighted by Gasteiger charge is -2.16. The Morgan fingerprint density at radius 2 is 1.87 bits per heavy atom. The zero-order valence-corrected chi connectivity index (χ0v) is 23.2. The number of nitrogens with two attached hydrogens (primary N) is 1. The molecule has 4 rings (SSSR count). The van der Waals surface area contributed by atoms with Crippen LogP contribution < -0.4 is 11.1 Å².